The average Bonchev–Trinajstić information content (AvgIpc) is 2.88. The summed E-state index contributed by atoms with van der Waals surface area (Å²) in [5, 5.41) is 10.3. The van der Waals surface area contributed by atoms with Gasteiger partial charge < -0.3 is 21.1 Å². The van der Waals surface area contributed by atoms with Crippen molar-refractivity contribution in [3.8, 4) is 0 Å². The second-order valence-corrected chi connectivity index (χ2v) is 7.49. The highest BCUT2D eigenvalue weighted by atomic mass is 16.3. The van der Waals surface area contributed by atoms with Gasteiger partial charge in [0.15, 0.2) is 0 Å². The minimum absolute atomic E-state index is 0.167. The molecule has 5 N–H and O–H groups in total. The Balaban J connectivity index is 2.74. The van der Waals surface area contributed by atoms with Gasteiger partial charge in [0.25, 0.3) is 11.7 Å². The van der Waals surface area contributed by atoms with E-state index in [1.165, 1.54) is 19.3 Å². The lowest BCUT2D eigenvalue weighted by molar-refractivity contribution is -0.114. The maximum Gasteiger partial charge on any atom is 0.289 e. The summed E-state index contributed by atoms with van der Waals surface area (Å²) in [6.07, 6.45) is 9.79. The molecule has 1 fully saturated rings. The van der Waals surface area contributed by atoms with Crippen molar-refractivity contribution in [1.29, 1.82) is 0 Å². The molecule has 148 valence electrons. The van der Waals surface area contributed by atoms with Crippen LogP contribution in [0.25, 0.3) is 12.0 Å². The number of amides is 1. The summed E-state index contributed by atoms with van der Waals surface area (Å²) in [4.78, 5) is 24.3. The van der Waals surface area contributed by atoms with E-state index in [1.807, 2.05) is 6.92 Å². The van der Waals surface area contributed by atoms with Crippen LogP contribution in [-0.4, -0.2) is 21.4 Å². The van der Waals surface area contributed by atoms with Crippen LogP contribution in [-0.2, 0) is 17.6 Å². The average molecular weight is 373 g/mol. The van der Waals surface area contributed by atoms with Crippen LogP contribution < -0.4 is 11.5 Å². The van der Waals surface area contributed by atoms with E-state index in [1.54, 1.807) is 17.7 Å². The Kier molecular flexibility index (Phi) is 6.88. The Morgan fingerprint density at radius 3 is 2.37 bits per heavy atom. The van der Waals surface area contributed by atoms with Gasteiger partial charge in [0.1, 0.15) is 5.76 Å². The van der Waals surface area contributed by atoms with Crippen LogP contribution in [0.5, 0.6) is 0 Å². The fourth-order valence-electron chi connectivity index (χ4n) is 4.09. The van der Waals surface area contributed by atoms with Gasteiger partial charge in [0, 0.05) is 17.6 Å². The molecule has 0 aliphatic heterocycles. The van der Waals surface area contributed by atoms with E-state index in [-0.39, 0.29) is 17.0 Å². The third kappa shape index (κ3) is 4.62. The van der Waals surface area contributed by atoms with E-state index in [4.69, 9.17) is 11.5 Å². The number of rotatable bonds is 8. The summed E-state index contributed by atoms with van der Waals surface area (Å²) < 4.78 is 1.74. The summed E-state index contributed by atoms with van der Waals surface area (Å²) >= 11 is 0. The number of carbonyl (C=O) groups excluding carboxylic acids is 2. The van der Waals surface area contributed by atoms with Crippen LogP contribution in [0.3, 0.4) is 0 Å². The van der Waals surface area contributed by atoms with Crippen molar-refractivity contribution in [2.75, 3.05) is 0 Å². The number of carbonyl (C=O) groups is 2. The molecule has 27 heavy (non-hydrogen) atoms. The molecule has 1 heterocycles. The first-order chi connectivity index (χ1) is 12.8. The Morgan fingerprint density at radius 1 is 1.26 bits per heavy atom. The zero-order valence-corrected chi connectivity index (χ0v) is 16.4. The summed E-state index contributed by atoms with van der Waals surface area (Å²) in [7, 11) is 0. The minimum Gasteiger partial charge on any atom is -0.506 e. The second-order valence-electron chi connectivity index (χ2n) is 7.49. The quantitative estimate of drug-likeness (QED) is 0.367. The Labute approximate surface area is 160 Å². The third-order valence-corrected chi connectivity index (χ3v) is 5.18. The highest BCUT2D eigenvalue weighted by Gasteiger charge is 2.31. The molecule has 0 atom stereocenters. The van der Waals surface area contributed by atoms with Crippen molar-refractivity contribution in [3.63, 3.8) is 0 Å². The van der Waals surface area contributed by atoms with E-state index in [0.29, 0.717) is 18.0 Å². The van der Waals surface area contributed by atoms with Gasteiger partial charge in [0.05, 0.1) is 11.3 Å². The molecule has 0 bridgehead atoms. The van der Waals surface area contributed by atoms with E-state index in [2.05, 4.69) is 6.58 Å². The molecule has 0 saturated heterocycles. The van der Waals surface area contributed by atoms with Gasteiger partial charge >= 0.3 is 0 Å². The molecule has 0 unspecified atom stereocenters. The minimum atomic E-state index is -1.04. The Bertz CT molecular complexity index is 764. The summed E-state index contributed by atoms with van der Waals surface area (Å²) in [6, 6.07) is 0. The van der Waals surface area contributed by atoms with E-state index >= 15 is 0 Å². The monoisotopic (exact) mass is 373 g/mol. The van der Waals surface area contributed by atoms with Crippen molar-refractivity contribution >= 4 is 23.6 Å². The lowest BCUT2D eigenvalue weighted by atomic mass is 9.84. The third-order valence-electron chi connectivity index (χ3n) is 5.18. The molecule has 0 spiro atoms. The first kappa shape index (κ1) is 20.8. The summed E-state index contributed by atoms with van der Waals surface area (Å²) in [5.74, 6) is -1.60. The fourth-order valence-corrected chi connectivity index (χ4v) is 4.09. The molecule has 0 radical (unpaired) electrons. The normalized spacial score (nSPS) is 15.7. The molecule has 1 aromatic rings. The number of aliphatic hydroxyl groups excluding tert-OH is 1. The number of aliphatic hydroxyl groups is 1. The van der Waals surface area contributed by atoms with Crippen molar-refractivity contribution in [3.05, 3.63) is 34.8 Å². The van der Waals surface area contributed by atoms with E-state index in [9.17, 15) is 14.7 Å². The van der Waals surface area contributed by atoms with Crippen molar-refractivity contribution in [2.45, 2.75) is 65.2 Å². The highest BCUT2D eigenvalue weighted by molar-refractivity contribution is 6.43. The number of hydrogen-bond acceptors (Lipinski definition) is 4. The largest absolute Gasteiger partial charge is 0.506 e. The molecule has 1 amide bonds. The lowest BCUT2D eigenvalue weighted by Crippen LogP contribution is -2.25. The predicted molar refractivity (Wildman–Crippen MR) is 108 cm³/mol. The van der Waals surface area contributed by atoms with Gasteiger partial charge in [-0.25, -0.2) is 0 Å². The van der Waals surface area contributed by atoms with Gasteiger partial charge in [-0.3, -0.25) is 9.59 Å². The number of allylic oxidation sites excluding steroid dienone is 1. The van der Waals surface area contributed by atoms with Crippen molar-refractivity contribution in [2.24, 2.45) is 17.4 Å². The molecule has 1 aliphatic rings. The topological polar surface area (TPSA) is 111 Å². The number of nitrogens with two attached hydrogens (primary N) is 2. The zero-order valence-electron chi connectivity index (χ0n) is 16.4. The number of ketones is 1. The van der Waals surface area contributed by atoms with Crippen LogP contribution in [0.4, 0.5) is 0 Å². The fraction of sp³-hybridized carbons (Fsp3) is 0.524. The van der Waals surface area contributed by atoms with Crippen LogP contribution in [0.2, 0.25) is 0 Å². The molecular weight excluding hydrogens is 342 g/mol. The molecule has 6 nitrogen and oxygen atoms in total. The van der Waals surface area contributed by atoms with E-state index < -0.39 is 11.7 Å². The van der Waals surface area contributed by atoms with E-state index in [0.717, 1.165) is 36.9 Å². The maximum absolute atomic E-state index is 12.6. The number of Topliss-reactive ketones (excluding diaryl/α,β-unsaturated/α-hetero) is 1. The van der Waals surface area contributed by atoms with Gasteiger partial charge in [-0.15, -0.1) is 0 Å². The second kappa shape index (κ2) is 8.93. The molecular formula is C21H31N3O3. The number of aromatic nitrogens is 1. The maximum atomic E-state index is 12.6. The molecule has 1 saturated carbocycles. The first-order valence-electron chi connectivity index (χ1n) is 9.70. The lowest BCUT2D eigenvalue weighted by Gasteiger charge is -2.23. The molecule has 1 aromatic heterocycles. The highest BCUT2D eigenvalue weighted by Crippen LogP contribution is 2.34. The standard InChI is InChI=1S/C21H31N3O3/c1-4-8-16-17(11-15-9-6-5-7-10-15)24(12-13(2)22)19(14(3)25)18(16)20(26)21(23)27/h12,15,25H,3-11,22H2,1-2H3,(H2,23,27)/b13-12-. The van der Waals surface area contributed by atoms with Crippen LogP contribution in [0.1, 0.15) is 79.7 Å². The number of primary amides is 1. The van der Waals surface area contributed by atoms with Gasteiger partial charge in [-0.1, -0.05) is 52.0 Å². The summed E-state index contributed by atoms with van der Waals surface area (Å²) in [5.41, 5.74) is 13.8. The zero-order chi connectivity index (χ0) is 20.1. The smallest absolute Gasteiger partial charge is 0.289 e. The number of hydrogen-bond donors (Lipinski definition) is 3. The Hall–Kier alpha value is -2.50. The molecule has 6 heteroatoms. The van der Waals surface area contributed by atoms with Crippen LogP contribution in [0.15, 0.2) is 12.3 Å². The first-order valence-corrected chi connectivity index (χ1v) is 9.70. The van der Waals surface area contributed by atoms with Gasteiger partial charge in [-0.05, 0) is 31.2 Å². The Morgan fingerprint density at radius 2 is 1.89 bits per heavy atom. The SMILES string of the molecule is C=C(O)c1c(C(=O)C(N)=O)c(CCC)c(CC2CCCCC2)n1/C=C(/C)N. The number of nitrogens with zero attached hydrogens (tertiary/aromatic N) is 1. The summed E-state index contributed by atoms with van der Waals surface area (Å²) in [6.45, 7) is 7.37. The molecule has 2 rings (SSSR count). The molecule has 1 aliphatic carbocycles. The van der Waals surface area contributed by atoms with Crippen LogP contribution in [0, 0.1) is 5.92 Å². The van der Waals surface area contributed by atoms with Crippen molar-refractivity contribution in [1.82, 2.24) is 4.57 Å². The van der Waals surface area contributed by atoms with Gasteiger partial charge in [0.2, 0.25) is 0 Å². The van der Waals surface area contributed by atoms with Crippen LogP contribution >= 0.6 is 0 Å². The predicted octanol–water partition coefficient (Wildman–Crippen LogP) is 3.54. The van der Waals surface area contributed by atoms with Gasteiger partial charge in [-0.2, -0.15) is 0 Å². The molecule has 0 aromatic carbocycles. The van der Waals surface area contributed by atoms with Crippen molar-refractivity contribution < 1.29 is 14.7 Å².